The van der Waals surface area contributed by atoms with Crippen LogP contribution in [0.25, 0.3) is 10.9 Å². The maximum absolute atomic E-state index is 12.6. The number of fused-ring (bicyclic) bond motifs is 1. The molecule has 0 aliphatic heterocycles. The van der Waals surface area contributed by atoms with E-state index in [0.29, 0.717) is 6.04 Å². The predicted octanol–water partition coefficient (Wildman–Crippen LogP) is 1.87. The minimum absolute atomic E-state index is 0.00607. The lowest BCUT2D eigenvalue weighted by molar-refractivity contribution is -0.121. The first-order chi connectivity index (χ1) is 10.5. The van der Waals surface area contributed by atoms with Gasteiger partial charge in [0.2, 0.25) is 5.91 Å². The lowest BCUT2D eigenvalue weighted by atomic mass is 10.1. The molecule has 0 spiro atoms. The Morgan fingerprint density at radius 1 is 1.27 bits per heavy atom. The summed E-state index contributed by atoms with van der Waals surface area (Å²) in [4.78, 5) is 29.4. The number of Topliss-reactive ketones (excluding diaryl/α,β-unsaturated/α-hetero) is 1. The Hall–Kier alpha value is -2.14. The van der Waals surface area contributed by atoms with Crippen LogP contribution in [0.4, 0.5) is 0 Å². The minimum atomic E-state index is -0.00607. The van der Waals surface area contributed by atoms with Gasteiger partial charge in [-0.05, 0) is 32.9 Å². The normalized spacial score (nSPS) is 14.5. The van der Waals surface area contributed by atoms with Crippen molar-refractivity contribution in [3.8, 4) is 0 Å². The molecule has 5 nitrogen and oxygen atoms in total. The summed E-state index contributed by atoms with van der Waals surface area (Å²) in [6.45, 7) is 2.40. The third kappa shape index (κ3) is 3.20. The number of rotatable bonds is 6. The van der Waals surface area contributed by atoms with Crippen molar-refractivity contribution in [3.05, 3.63) is 35.5 Å². The summed E-state index contributed by atoms with van der Waals surface area (Å²) in [7, 11) is 1.80. The fraction of sp³-hybridized carbons (Fsp3) is 0.412. The Morgan fingerprint density at radius 3 is 2.73 bits per heavy atom. The molecule has 1 aliphatic rings. The molecular weight excluding hydrogens is 278 g/mol. The van der Waals surface area contributed by atoms with Crippen molar-refractivity contribution in [3.63, 3.8) is 0 Å². The molecule has 0 radical (unpaired) electrons. The summed E-state index contributed by atoms with van der Waals surface area (Å²) in [5.41, 5.74) is 2.57. The standard InChI is InChI=1S/C17H21N3O2/c1-11-17(13-5-3-4-6-14(13)18-11)15(21)9-20(2)10-16(22)19-12-7-8-12/h3-6,12,18H,7-10H2,1-2H3,(H,19,22). The van der Waals surface area contributed by atoms with Crippen molar-refractivity contribution in [1.29, 1.82) is 0 Å². The van der Waals surface area contributed by atoms with Crippen LogP contribution in [0.5, 0.6) is 0 Å². The number of aryl methyl sites for hydroxylation is 1. The molecular formula is C17H21N3O2. The molecule has 0 atom stereocenters. The molecule has 1 aromatic carbocycles. The molecule has 1 aromatic heterocycles. The monoisotopic (exact) mass is 299 g/mol. The summed E-state index contributed by atoms with van der Waals surface area (Å²) in [6.07, 6.45) is 2.14. The zero-order valence-electron chi connectivity index (χ0n) is 13.0. The molecule has 1 fully saturated rings. The molecule has 1 aliphatic carbocycles. The molecule has 1 saturated carbocycles. The number of ketones is 1. The number of H-pyrrole nitrogens is 1. The van der Waals surface area contributed by atoms with Crippen LogP contribution in [0.3, 0.4) is 0 Å². The van der Waals surface area contributed by atoms with Crippen LogP contribution in [0.15, 0.2) is 24.3 Å². The van der Waals surface area contributed by atoms with E-state index >= 15 is 0 Å². The zero-order chi connectivity index (χ0) is 15.7. The highest BCUT2D eigenvalue weighted by molar-refractivity contribution is 6.10. The molecule has 0 bridgehead atoms. The van der Waals surface area contributed by atoms with E-state index in [9.17, 15) is 9.59 Å². The molecule has 0 saturated heterocycles. The summed E-state index contributed by atoms with van der Waals surface area (Å²) < 4.78 is 0. The SMILES string of the molecule is Cc1[nH]c2ccccc2c1C(=O)CN(C)CC(=O)NC1CC1. The Balaban J connectivity index is 1.67. The Bertz CT molecular complexity index is 716. The number of carbonyl (C=O) groups excluding carboxylic acids is 2. The van der Waals surface area contributed by atoms with Gasteiger partial charge in [-0.25, -0.2) is 0 Å². The molecule has 116 valence electrons. The van der Waals surface area contributed by atoms with E-state index in [1.165, 1.54) is 0 Å². The average molecular weight is 299 g/mol. The van der Waals surface area contributed by atoms with Crippen LogP contribution in [-0.2, 0) is 4.79 Å². The fourth-order valence-corrected chi connectivity index (χ4v) is 2.76. The molecule has 0 unspecified atom stereocenters. The van der Waals surface area contributed by atoms with Gasteiger partial charge in [0, 0.05) is 28.2 Å². The van der Waals surface area contributed by atoms with Crippen LogP contribution in [-0.4, -0.2) is 47.8 Å². The van der Waals surface area contributed by atoms with E-state index in [1.807, 2.05) is 31.2 Å². The number of amides is 1. The molecule has 3 rings (SSSR count). The number of benzene rings is 1. The Labute approximate surface area is 129 Å². The van der Waals surface area contributed by atoms with Crippen molar-refractivity contribution in [2.45, 2.75) is 25.8 Å². The number of likely N-dealkylation sites (N-methyl/N-ethyl adjacent to an activating group) is 1. The van der Waals surface area contributed by atoms with Crippen LogP contribution < -0.4 is 5.32 Å². The molecule has 1 amide bonds. The lowest BCUT2D eigenvalue weighted by Crippen LogP contribution is -2.38. The van der Waals surface area contributed by atoms with Gasteiger partial charge in [-0.3, -0.25) is 14.5 Å². The van der Waals surface area contributed by atoms with E-state index in [1.54, 1.807) is 11.9 Å². The fourth-order valence-electron chi connectivity index (χ4n) is 2.76. The van der Waals surface area contributed by atoms with Gasteiger partial charge >= 0.3 is 0 Å². The number of aromatic nitrogens is 1. The second-order valence-electron chi connectivity index (χ2n) is 6.11. The first kappa shape index (κ1) is 14.8. The maximum atomic E-state index is 12.6. The average Bonchev–Trinajstić information content (AvgIpc) is 3.17. The molecule has 2 aromatic rings. The number of para-hydroxylation sites is 1. The second kappa shape index (κ2) is 5.93. The molecule has 2 N–H and O–H groups in total. The lowest BCUT2D eigenvalue weighted by Gasteiger charge is -2.15. The highest BCUT2D eigenvalue weighted by atomic mass is 16.2. The first-order valence-corrected chi connectivity index (χ1v) is 7.63. The van der Waals surface area contributed by atoms with Gasteiger partial charge in [0.15, 0.2) is 5.78 Å². The molecule has 22 heavy (non-hydrogen) atoms. The van der Waals surface area contributed by atoms with Gasteiger partial charge in [0.25, 0.3) is 0 Å². The summed E-state index contributed by atoms with van der Waals surface area (Å²) in [5, 5.41) is 3.88. The Kier molecular flexibility index (Phi) is 3.98. The topological polar surface area (TPSA) is 65.2 Å². The number of hydrogen-bond acceptors (Lipinski definition) is 3. The third-order valence-corrected chi connectivity index (χ3v) is 3.94. The van der Waals surface area contributed by atoms with Crippen molar-refractivity contribution >= 4 is 22.6 Å². The third-order valence-electron chi connectivity index (χ3n) is 3.94. The minimum Gasteiger partial charge on any atom is -0.358 e. The van der Waals surface area contributed by atoms with Crippen molar-refractivity contribution in [1.82, 2.24) is 15.2 Å². The Morgan fingerprint density at radius 2 is 2.00 bits per heavy atom. The van der Waals surface area contributed by atoms with Crippen LogP contribution >= 0.6 is 0 Å². The number of aromatic amines is 1. The van der Waals surface area contributed by atoms with Gasteiger partial charge in [-0.15, -0.1) is 0 Å². The van der Waals surface area contributed by atoms with E-state index in [-0.39, 0.29) is 24.8 Å². The smallest absolute Gasteiger partial charge is 0.234 e. The number of nitrogens with one attached hydrogen (secondary N) is 2. The van der Waals surface area contributed by atoms with E-state index in [2.05, 4.69) is 10.3 Å². The first-order valence-electron chi connectivity index (χ1n) is 7.63. The van der Waals surface area contributed by atoms with Gasteiger partial charge < -0.3 is 10.3 Å². The van der Waals surface area contributed by atoms with E-state index in [0.717, 1.165) is 35.0 Å². The summed E-state index contributed by atoms with van der Waals surface area (Å²) in [6, 6.07) is 8.14. The predicted molar refractivity (Wildman–Crippen MR) is 86.0 cm³/mol. The highest BCUT2D eigenvalue weighted by Gasteiger charge is 2.24. The number of carbonyl (C=O) groups is 2. The number of hydrogen-bond donors (Lipinski definition) is 2. The summed E-state index contributed by atoms with van der Waals surface area (Å²) >= 11 is 0. The van der Waals surface area contributed by atoms with Crippen LogP contribution in [0.1, 0.15) is 28.9 Å². The maximum Gasteiger partial charge on any atom is 0.234 e. The van der Waals surface area contributed by atoms with Gasteiger partial charge in [-0.2, -0.15) is 0 Å². The van der Waals surface area contributed by atoms with Crippen molar-refractivity contribution in [2.24, 2.45) is 0 Å². The molecule has 5 heteroatoms. The zero-order valence-corrected chi connectivity index (χ0v) is 13.0. The quantitative estimate of drug-likeness (QED) is 0.800. The largest absolute Gasteiger partial charge is 0.358 e. The second-order valence-corrected chi connectivity index (χ2v) is 6.11. The van der Waals surface area contributed by atoms with Gasteiger partial charge in [-0.1, -0.05) is 18.2 Å². The summed E-state index contributed by atoms with van der Waals surface area (Å²) in [5.74, 6) is 0.0325. The number of nitrogens with zero attached hydrogens (tertiary/aromatic N) is 1. The van der Waals surface area contributed by atoms with E-state index in [4.69, 9.17) is 0 Å². The van der Waals surface area contributed by atoms with Gasteiger partial charge in [0.1, 0.15) is 0 Å². The highest BCUT2D eigenvalue weighted by Crippen LogP contribution is 2.22. The van der Waals surface area contributed by atoms with Crippen molar-refractivity contribution in [2.75, 3.05) is 20.1 Å². The van der Waals surface area contributed by atoms with Crippen molar-refractivity contribution < 1.29 is 9.59 Å². The van der Waals surface area contributed by atoms with E-state index < -0.39 is 0 Å². The van der Waals surface area contributed by atoms with Crippen LogP contribution in [0, 0.1) is 6.92 Å². The molecule has 1 heterocycles. The van der Waals surface area contributed by atoms with Gasteiger partial charge in [0.05, 0.1) is 13.1 Å². The van der Waals surface area contributed by atoms with Crippen LogP contribution in [0.2, 0.25) is 0 Å².